The average Bonchev–Trinajstić information content (AvgIpc) is 2.44. The summed E-state index contributed by atoms with van der Waals surface area (Å²) in [6.07, 6.45) is 1.63. The van der Waals surface area contributed by atoms with E-state index in [9.17, 15) is 4.79 Å². The molecule has 0 bridgehead atoms. The Kier molecular flexibility index (Phi) is 4.28. The number of carbonyl (C=O) groups is 1. The third-order valence-corrected chi connectivity index (χ3v) is 2.82. The maximum Gasteiger partial charge on any atom is 0.315 e. The van der Waals surface area contributed by atoms with Crippen LogP contribution >= 0.6 is 0 Å². The molecular weight excluding hydrogens is 244 g/mol. The molecule has 1 aliphatic rings. The van der Waals surface area contributed by atoms with Crippen molar-refractivity contribution >= 4 is 6.03 Å². The minimum Gasteiger partial charge on any atom is -0.486 e. The summed E-state index contributed by atoms with van der Waals surface area (Å²) in [5, 5.41) is 5.51. The van der Waals surface area contributed by atoms with Gasteiger partial charge in [0.2, 0.25) is 0 Å². The molecule has 1 aromatic rings. The smallest absolute Gasteiger partial charge is 0.315 e. The van der Waals surface area contributed by atoms with Crippen LogP contribution in [-0.4, -0.2) is 25.8 Å². The molecule has 1 unspecified atom stereocenters. The number of nitrogens with one attached hydrogen (secondary N) is 2. The Morgan fingerprint density at radius 1 is 1.42 bits per heavy atom. The van der Waals surface area contributed by atoms with Crippen molar-refractivity contribution in [3.63, 3.8) is 0 Å². The summed E-state index contributed by atoms with van der Waals surface area (Å²) in [4.78, 5) is 11.5. The lowest BCUT2D eigenvalue weighted by atomic mass is 10.1. The summed E-state index contributed by atoms with van der Waals surface area (Å²) >= 11 is 0. The van der Waals surface area contributed by atoms with Crippen molar-refractivity contribution in [2.24, 2.45) is 0 Å². The lowest BCUT2D eigenvalue weighted by Crippen LogP contribution is -2.37. The summed E-state index contributed by atoms with van der Waals surface area (Å²) in [5.41, 5.74) is 0.970. The van der Waals surface area contributed by atoms with Crippen LogP contribution < -0.4 is 20.1 Å². The molecule has 0 radical (unpaired) electrons. The second kappa shape index (κ2) is 6.13. The largest absolute Gasteiger partial charge is 0.486 e. The van der Waals surface area contributed by atoms with E-state index in [1.54, 1.807) is 6.08 Å². The van der Waals surface area contributed by atoms with Crippen LogP contribution in [0.1, 0.15) is 18.5 Å². The van der Waals surface area contributed by atoms with Gasteiger partial charge in [0.05, 0.1) is 6.04 Å². The van der Waals surface area contributed by atoms with Crippen LogP contribution in [0.25, 0.3) is 0 Å². The molecule has 0 saturated carbocycles. The molecule has 0 saturated heterocycles. The zero-order valence-corrected chi connectivity index (χ0v) is 10.9. The normalized spacial score (nSPS) is 14.4. The fraction of sp³-hybridized carbons (Fsp3) is 0.357. The van der Waals surface area contributed by atoms with Crippen LogP contribution in [0.15, 0.2) is 30.9 Å². The topological polar surface area (TPSA) is 59.6 Å². The fourth-order valence-corrected chi connectivity index (χ4v) is 1.83. The molecule has 5 heteroatoms. The van der Waals surface area contributed by atoms with Gasteiger partial charge in [-0.15, -0.1) is 6.58 Å². The first-order valence-electron chi connectivity index (χ1n) is 6.25. The van der Waals surface area contributed by atoms with Crippen LogP contribution in [0.2, 0.25) is 0 Å². The standard InChI is InChI=1S/C14H18N2O3/c1-3-6-15-14(17)16-10(2)11-4-5-12-13(9-11)19-8-7-18-12/h3-5,9-10H,1,6-8H2,2H3,(H2,15,16,17). The molecule has 2 N–H and O–H groups in total. The first-order chi connectivity index (χ1) is 9.20. The molecule has 1 heterocycles. The van der Waals surface area contributed by atoms with Gasteiger partial charge in [-0.1, -0.05) is 12.1 Å². The lowest BCUT2D eigenvalue weighted by Gasteiger charge is -2.21. The Balaban J connectivity index is 2.00. The lowest BCUT2D eigenvalue weighted by molar-refractivity contribution is 0.171. The molecule has 102 valence electrons. The van der Waals surface area contributed by atoms with Crippen LogP contribution in [0, 0.1) is 0 Å². The fourth-order valence-electron chi connectivity index (χ4n) is 1.83. The molecule has 0 fully saturated rings. The van der Waals surface area contributed by atoms with Gasteiger partial charge in [0.15, 0.2) is 11.5 Å². The summed E-state index contributed by atoms with van der Waals surface area (Å²) in [5.74, 6) is 1.47. The van der Waals surface area contributed by atoms with Gasteiger partial charge in [0.1, 0.15) is 13.2 Å². The predicted molar refractivity (Wildman–Crippen MR) is 72.6 cm³/mol. The maximum atomic E-state index is 11.5. The van der Waals surface area contributed by atoms with E-state index in [-0.39, 0.29) is 12.1 Å². The van der Waals surface area contributed by atoms with E-state index in [4.69, 9.17) is 9.47 Å². The number of rotatable bonds is 4. The van der Waals surface area contributed by atoms with E-state index >= 15 is 0 Å². The van der Waals surface area contributed by atoms with E-state index in [1.807, 2.05) is 25.1 Å². The average molecular weight is 262 g/mol. The van der Waals surface area contributed by atoms with Gasteiger partial charge in [-0.25, -0.2) is 4.79 Å². The maximum absolute atomic E-state index is 11.5. The molecule has 19 heavy (non-hydrogen) atoms. The van der Waals surface area contributed by atoms with Crippen molar-refractivity contribution in [3.8, 4) is 11.5 Å². The highest BCUT2D eigenvalue weighted by molar-refractivity contribution is 5.74. The summed E-state index contributed by atoms with van der Waals surface area (Å²) in [6, 6.07) is 5.35. The number of ether oxygens (including phenoxy) is 2. The molecule has 0 aromatic heterocycles. The molecule has 5 nitrogen and oxygen atoms in total. The van der Waals surface area contributed by atoms with Crippen molar-refractivity contribution in [1.29, 1.82) is 0 Å². The van der Waals surface area contributed by atoms with Gasteiger partial charge in [-0.2, -0.15) is 0 Å². The monoisotopic (exact) mass is 262 g/mol. The van der Waals surface area contributed by atoms with Crippen LogP contribution in [0.3, 0.4) is 0 Å². The first-order valence-corrected chi connectivity index (χ1v) is 6.25. The molecule has 0 aliphatic carbocycles. The first kappa shape index (κ1) is 13.3. The molecule has 1 aliphatic heterocycles. The van der Waals surface area contributed by atoms with E-state index in [2.05, 4.69) is 17.2 Å². The summed E-state index contributed by atoms with van der Waals surface area (Å²) in [7, 11) is 0. The molecule has 0 spiro atoms. The van der Waals surface area contributed by atoms with Gasteiger partial charge >= 0.3 is 6.03 Å². The van der Waals surface area contributed by atoms with E-state index in [0.717, 1.165) is 17.1 Å². The zero-order valence-electron chi connectivity index (χ0n) is 10.9. The summed E-state index contributed by atoms with van der Waals surface area (Å²) < 4.78 is 11.0. The minimum atomic E-state index is -0.220. The number of urea groups is 1. The Hall–Kier alpha value is -2.17. The Bertz CT molecular complexity index is 474. The molecule has 2 amide bonds. The SMILES string of the molecule is C=CCNC(=O)NC(C)c1ccc2c(c1)OCCO2. The van der Waals surface area contributed by atoms with Crippen LogP contribution in [-0.2, 0) is 0 Å². The zero-order chi connectivity index (χ0) is 13.7. The highest BCUT2D eigenvalue weighted by Gasteiger charge is 2.15. The van der Waals surface area contributed by atoms with E-state index < -0.39 is 0 Å². The van der Waals surface area contributed by atoms with Crippen LogP contribution in [0.4, 0.5) is 4.79 Å². The second-order valence-electron chi connectivity index (χ2n) is 4.27. The van der Waals surface area contributed by atoms with Crippen molar-refractivity contribution < 1.29 is 14.3 Å². The molecule has 2 rings (SSSR count). The molecule has 1 aromatic carbocycles. The number of fused-ring (bicyclic) bond motifs is 1. The Labute approximate surface area is 112 Å². The second-order valence-corrected chi connectivity index (χ2v) is 4.27. The van der Waals surface area contributed by atoms with Crippen molar-refractivity contribution in [1.82, 2.24) is 10.6 Å². The van der Waals surface area contributed by atoms with Crippen molar-refractivity contribution in [3.05, 3.63) is 36.4 Å². The quantitative estimate of drug-likeness (QED) is 0.816. The molecule has 1 atom stereocenters. The minimum absolute atomic E-state index is 0.111. The van der Waals surface area contributed by atoms with Gasteiger partial charge in [-0.3, -0.25) is 0 Å². The predicted octanol–water partition coefficient (Wildman–Crippen LogP) is 2.00. The Morgan fingerprint density at radius 3 is 2.89 bits per heavy atom. The Morgan fingerprint density at radius 2 is 2.16 bits per heavy atom. The third-order valence-electron chi connectivity index (χ3n) is 2.82. The van der Waals surface area contributed by atoms with Gasteiger partial charge in [0.25, 0.3) is 0 Å². The van der Waals surface area contributed by atoms with Crippen molar-refractivity contribution in [2.45, 2.75) is 13.0 Å². The number of amides is 2. The van der Waals surface area contributed by atoms with Gasteiger partial charge in [-0.05, 0) is 24.6 Å². The van der Waals surface area contributed by atoms with Gasteiger partial charge < -0.3 is 20.1 Å². The van der Waals surface area contributed by atoms with Crippen LogP contribution in [0.5, 0.6) is 11.5 Å². The molecular formula is C14H18N2O3. The van der Waals surface area contributed by atoms with Crippen molar-refractivity contribution in [2.75, 3.05) is 19.8 Å². The summed E-state index contributed by atoms with van der Waals surface area (Å²) in [6.45, 7) is 7.03. The third kappa shape index (κ3) is 3.40. The van der Waals surface area contributed by atoms with Gasteiger partial charge in [0, 0.05) is 6.54 Å². The van der Waals surface area contributed by atoms with E-state index in [0.29, 0.717) is 19.8 Å². The number of benzene rings is 1. The van der Waals surface area contributed by atoms with E-state index in [1.165, 1.54) is 0 Å². The highest BCUT2D eigenvalue weighted by Crippen LogP contribution is 2.32. The number of hydrogen-bond donors (Lipinski definition) is 2. The number of hydrogen-bond acceptors (Lipinski definition) is 3. The number of carbonyl (C=O) groups excluding carboxylic acids is 1. The highest BCUT2D eigenvalue weighted by atomic mass is 16.6.